The van der Waals surface area contributed by atoms with Gasteiger partial charge in [-0.05, 0) is 64.0 Å². The molecule has 0 aliphatic rings. The van der Waals surface area contributed by atoms with Crippen molar-refractivity contribution < 1.29 is 19.1 Å². The summed E-state index contributed by atoms with van der Waals surface area (Å²) in [4.78, 5) is 42.3. The van der Waals surface area contributed by atoms with Crippen molar-refractivity contribution in [3.05, 3.63) is 35.4 Å². The van der Waals surface area contributed by atoms with Crippen LogP contribution in [0.15, 0.2) is 24.3 Å². The van der Waals surface area contributed by atoms with Crippen molar-refractivity contribution in [2.24, 2.45) is 5.92 Å². The number of carbonyl (C=O) groups excluding carboxylic acids is 3. The van der Waals surface area contributed by atoms with Gasteiger partial charge in [-0.3, -0.25) is 9.59 Å². The van der Waals surface area contributed by atoms with Crippen molar-refractivity contribution >= 4 is 17.9 Å². The first-order valence-corrected chi connectivity index (χ1v) is 14.1. The van der Waals surface area contributed by atoms with E-state index >= 15 is 0 Å². The molecule has 7 nitrogen and oxygen atoms in total. The van der Waals surface area contributed by atoms with E-state index in [0.29, 0.717) is 13.0 Å². The predicted octanol–water partition coefficient (Wildman–Crippen LogP) is 6.16. The van der Waals surface area contributed by atoms with E-state index in [-0.39, 0.29) is 23.8 Å². The normalized spacial score (nSPS) is 14.7. The van der Waals surface area contributed by atoms with E-state index in [9.17, 15) is 14.4 Å². The molecule has 1 aromatic rings. The molecule has 0 aliphatic heterocycles. The Labute approximate surface area is 225 Å². The predicted molar refractivity (Wildman–Crippen MR) is 150 cm³/mol. The Kier molecular flexibility index (Phi) is 13.7. The van der Waals surface area contributed by atoms with Crippen LogP contribution in [0.1, 0.15) is 112 Å². The zero-order valence-electron chi connectivity index (χ0n) is 24.6. The van der Waals surface area contributed by atoms with Gasteiger partial charge >= 0.3 is 6.09 Å². The summed E-state index contributed by atoms with van der Waals surface area (Å²) in [6.07, 6.45) is 4.35. The van der Waals surface area contributed by atoms with Crippen LogP contribution in [0.4, 0.5) is 4.79 Å². The van der Waals surface area contributed by atoms with Crippen LogP contribution in [0.2, 0.25) is 0 Å². The number of unbranched alkanes of at least 4 members (excludes halogenated alkanes) is 1. The first-order valence-electron chi connectivity index (χ1n) is 14.1. The lowest BCUT2D eigenvalue weighted by molar-refractivity contribution is -0.143. The van der Waals surface area contributed by atoms with Crippen LogP contribution in [0, 0.1) is 5.92 Å². The summed E-state index contributed by atoms with van der Waals surface area (Å²) in [5.74, 6) is -0.610. The van der Waals surface area contributed by atoms with Crippen molar-refractivity contribution in [3.63, 3.8) is 0 Å². The Balaban J connectivity index is 3.51. The number of hydrogen-bond donors (Lipinski definition) is 2. The minimum absolute atomic E-state index is 0.0108. The molecule has 0 aliphatic carbocycles. The third kappa shape index (κ3) is 10.7. The quantitative estimate of drug-likeness (QED) is 0.309. The Hall–Kier alpha value is -2.57. The fourth-order valence-electron chi connectivity index (χ4n) is 4.23. The van der Waals surface area contributed by atoms with Crippen LogP contribution >= 0.6 is 0 Å². The average molecular weight is 518 g/mol. The van der Waals surface area contributed by atoms with Crippen molar-refractivity contribution in [2.45, 2.75) is 125 Å². The molecule has 0 saturated heterocycles. The SMILES string of the molecule is CCCCN(C(=O)C(NC(=O)OC(C)(C)C)C(C)CC)C(C(=O)NC(C)CCC)c1ccc(CC)cc1. The molecular weight excluding hydrogens is 466 g/mol. The Morgan fingerprint density at radius 1 is 0.946 bits per heavy atom. The molecule has 0 saturated carbocycles. The van der Waals surface area contributed by atoms with E-state index in [0.717, 1.165) is 43.2 Å². The second-order valence-electron chi connectivity index (χ2n) is 11.1. The Morgan fingerprint density at radius 3 is 2.05 bits per heavy atom. The van der Waals surface area contributed by atoms with Crippen LogP contribution in [0.25, 0.3) is 0 Å². The van der Waals surface area contributed by atoms with Crippen LogP contribution in [-0.4, -0.2) is 47.0 Å². The average Bonchev–Trinajstić information content (AvgIpc) is 2.83. The van der Waals surface area contributed by atoms with Crippen LogP contribution < -0.4 is 10.6 Å². The molecule has 4 unspecified atom stereocenters. The molecule has 0 bridgehead atoms. The number of alkyl carbamates (subject to hydrolysis) is 1. The van der Waals surface area contributed by atoms with Gasteiger partial charge < -0.3 is 20.3 Å². The van der Waals surface area contributed by atoms with Gasteiger partial charge in [0.1, 0.15) is 17.7 Å². The third-order valence-electron chi connectivity index (χ3n) is 6.56. The lowest BCUT2D eigenvalue weighted by Crippen LogP contribution is -2.55. The van der Waals surface area contributed by atoms with E-state index in [4.69, 9.17) is 4.74 Å². The number of aryl methyl sites for hydroxylation is 1. The number of rotatable bonds is 14. The zero-order chi connectivity index (χ0) is 28.2. The molecular formula is C30H51N3O4. The second kappa shape index (κ2) is 15.6. The summed E-state index contributed by atoms with van der Waals surface area (Å²) in [5.41, 5.74) is 1.24. The van der Waals surface area contributed by atoms with E-state index in [1.54, 1.807) is 25.7 Å². The highest BCUT2D eigenvalue weighted by Gasteiger charge is 2.38. The lowest BCUT2D eigenvalue weighted by Gasteiger charge is -2.36. The van der Waals surface area contributed by atoms with Gasteiger partial charge in [-0.1, -0.05) is 78.1 Å². The summed E-state index contributed by atoms with van der Waals surface area (Å²) >= 11 is 0. The fraction of sp³-hybridized carbons (Fsp3) is 0.700. The highest BCUT2D eigenvalue weighted by Crippen LogP contribution is 2.26. The molecule has 1 aromatic carbocycles. The minimum atomic E-state index is -0.810. The van der Waals surface area contributed by atoms with Gasteiger partial charge in [0.2, 0.25) is 11.8 Å². The molecule has 0 spiro atoms. The maximum Gasteiger partial charge on any atom is 0.408 e. The van der Waals surface area contributed by atoms with E-state index in [1.165, 1.54) is 0 Å². The third-order valence-corrected chi connectivity index (χ3v) is 6.56. The fourth-order valence-corrected chi connectivity index (χ4v) is 4.23. The zero-order valence-corrected chi connectivity index (χ0v) is 24.6. The molecule has 37 heavy (non-hydrogen) atoms. The molecule has 0 radical (unpaired) electrons. The van der Waals surface area contributed by atoms with Gasteiger partial charge in [-0.25, -0.2) is 4.79 Å². The van der Waals surface area contributed by atoms with Crippen LogP contribution in [-0.2, 0) is 20.7 Å². The molecule has 0 heterocycles. The number of nitrogens with zero attached hydrogens (tertiary/aromatic N) is 1. The van der Waals surface area contributed by atoms with Gasteiger partial charge in [-0.15, -0.1) is 0 Å². The van der Waals surface area contributed by atoms with Crippen LogP contribution in [0.3, 0.4) is 0 Å². The summed E-state index contributed by atoms with van der Waals surface area (Å²) in [6, 6.07) is 6.30. The van der Waals surface area contributed by atoms with Gasteiger partial charge in [0.25, 0.3) is 0 Å². The maximum absolute atomic E-state index is 14.2. The molecule has 7 heteroatoms. The number of carbonyl (C=O) groups is 3. The first-order chi connectivity index (χ1) is 17.4. The monoisotopic (exact) mass is 517 g/mol. The minimum Gasteiger partial charge on any atom is -0.444 e. The standard InChI is InChI=1S/C30H51N3O4/c1-10-14-20-33(28(35)25(21(5)12-3)32-29(36)37-30(7,8)9)26(27(34)31-22(6)15-11-2)24-18-16-23(13-4)17-19-24/h16-19,21-22,25-26H,10-15,20H2,1-9H3,(H,31,34)(H,32,36). The maximum atomic E-state index is 14.2. The lowest BCUT2D eigenvalue weighted by atomic mass is 9.95. The van der Waals surface area contributed by atoms with Crippen molar-refractivity contribution in [3.8, 4) is 0 Å². The summed E-state index contributed by atoms with van der Waals surface area (Å²) in [7, 11) is 0. The van der Waals surface area contributed by atoms with E-state index < -0.39 is 23.8 Å². The van der Waals surface area contributed by atoms with Crippen molar-refractivity contribution in [1.82, 2.24) is 15.5 Å². The number of ether oxygens (including phenoxy) is 1. The topological polar surface area (TPSA) is 87.7 Å². The number of amides is 3. The Bertz CT molecular complexity index is 847. The molecule has 0 fully saturated rings. The number of benzene rings is 1. The summed E-state index contributed by atoms with van der Waals surface area (Å²) in [5, 5.41) is 5.95. The molecule has 210 valence electrons. The highest BCUT2D eigenvalue weighted by atomic mass is 16.6. The number of nitrogens with one attached hydrogen (secondary N) is 2. The first kappa shape index (κ1) is 32.5. The highest BCUT2D eigenvalue weighted by molar-refractivity contribution is 5.92. The van der Waals surface area contributed by atoms with Crippen LogP contribution in [0.5, 0.6) is 0 Å². The van der Waals surface area contributed by atoms with E-state index in [1.807, 2.05) is 45.0 Å². The second-order valence-corrected chi connectivity index (χ2v) is 11.1. The molecule has 1 rings (SSSR count). The van der Waals surface area contributed by atoms with Gasteiger partial charge in [0.15, 0.2) is 0 Å². The molecule has 3 amide bonds. The smallest absolute Gasteiger partial charge is 0.408 e. The van der Waals surface area contributed by atoms with E-state index in [2.05, 4.69) is 31.4 Å². The molecule has 0 aromatic heterocycles. The molecule has 2 N–H and O–H groups in total. The summed E-state index contributed by atoms with van der Waals surface area (Å²) < 4.78 is 5.47. The van der Waals surface area contributed by atoms with Gasteiger partial charge in [-0.2, -0.15) is 0 Å². The molecule has 4 atom stereocenters. The van der Waals surface area contributed by atoms with Gasteiger partial charge in [0.05, 0.1) is 0 Å². The van der Waals surface area contributed by atoms with Gasteiger partial charge in [0, 0.05) is 12.6 Å². The van der Waals surface area contributed by atoms with Crippen molar-refractivity contribution in [2.75, 3.05) is 6.54 Å². The summed E-state index contributed by atoms with van der Waals surface area (Å²) in [6.45, 7) is 17.9. The largest absolute Gasteiger partial charge is 0.444 e. The number of hydrogen-bond acceptors (Lipinski definition) is 4. The Morgan fingerprint density at radius 2 is 1.57 bits per heavy atom. The van der Waals surface area contributed by atoms with Crippen molar-refractivity contribution in [1.29, 1.82) is 0 Å².